The van der Waals surface area contributed by atoms with Gasteiger partial charge in [-0.2, -0.15) is 0 Å². The first-order valence-electron chi connectivity index (χ1n) is 9.07. The zero-order valence-corrected chi connectivity index (χ0v) is 14.6. The van der Waals surface area contributed by atoms with E-state index in [0.29, 0.717) is 25.3 Å². The number of aliphatic hydroxyl groups is 2. The molecule has 4 rings (SSSR count). The Kier molecular flexibility index (Phi) is 4.57. The number of nitrogens with zero attached hydrogens (tertiary/aromatic N) is 4. The topological polar surface area (TPSA) is 96.1 Å². The molecule has 7 nitrogen and oxygen atoms in total. The standard InChI is InChI=1S/C19H23N5O2/c25-12-11-24-13-15(14-5-4-9-20-17(14)24)16-6-10-21-18(22-16)23-19(26)7-2-1-3-8-19/h4-6,9-10,13,25-26H,1-3,7-8,11-12H2,(H,21,22,23). The summed E-state index contributed by atoms with van der Waals surface area (Å²) < 4.78 is 1.93. The molecule has 26 heavy (non-hydrogen) atoms. The molecule has 0 amide bonds. The minimum absolute atomic E-state index is 0.0450. The molecular formula is C19H23N5O2. The van der Waals surface area contributed by atoms with Crippen LogP contribution >= 0.6 is 0 Å². The highest BCUT2D eigenvalue weighted by atomic mass is 16.3. The largest absolute Gasteiger partial charge is 0.395 e. The summed E-state index contributed by atoms with van der Waals surface area (Å²) >= 11 is 0. The Bertz CT molecular complexity index is 902. The number of anilines is 1. The SMILES string of the molecule is OCCn1cc(-c2ccnc(NC3(O)CCCCC3)n2)c2cccnc21. The lowest BCUT2D eigenvalue weighted by Gasteiger charge is -2.32. The Hall–Kier alpha value is -2.51. The van der Waals surface area contributed by atoms with Gasteiger partial charge >= 0.3 is 0 Å². The molecule has 0 spiro atoms. The second kappa shape index (κ2) is 7.01. The summed E-state index contributed by atoms with van der Waals surface area (Å²) in [5, 5.41) is 24.1. The molecule has 1 aliphatic carbocycles. The van der Waals surface area contributed by atoms with Crippen molar-refractivity contribution in [3.05, 3.63) is 36.8 Å². The number of hydrogen-bond donors (Lipinski definition) is 3. The van der Waals surface area contributed by atoms with Gasteiger partial charge in [0.1, 0.15) is 11.4 Å². The summed E-state index contributed by atoms with van der Waals surface area (Å²) in [6.07, 6.45) is 9.97. The fourth-order valence-corrected chi connectivity index (χ4v) is 3.64. The van der Waals surface area contributed by atoms with E-state index in [1.165, 1.54) is 0 Å². The van der Waals surface area contributed by atoms with E-state index in [1.807, 2.05) is 29.0 Å². The second-order valence-electron chi connectivity index (χ2n) is 6.82. The van der Waals surface area contributed by atoms with Gasteiger partial charge in [-0.1, -0.05) is 6.42 Å². The Labute approximate surface area is 151 Å². The van der Waals surface area contributed by atoms with Crippen LogP contribution in [0.2, 0.25) is 0 Å². The number of pyridine rings is 1. The van der Waals surface area contributed by atoms with Crippen LogP contribution in [-0.2, 0) is 6.54 Å². The maximum absolute atomic E-state index is 10.7. The third kappa shape index (κ3) is 3.27. The van der Waals surface area contributed by atoms with E-state index in [-0.39, 0.29) is 6.61 Å². The molecule has 3 N–H and O–H groups in total. The Morgan fingerprint density at radius 2 is 1.96 bits per heavy atom. The van der Waals surface area contributed by atoms with Gasteiger partial charge in [-0.3, -0.25) is 0 Å². The minimum atomic E-state index is -0.927. The number of nitrogens with one attached hydrogen (secondary N) is 1. The van der Waals surface area contributed by atoms with Crippen molar-refractivity contribution in [3.63, 3.8) is 0 Å². The first-order chi connectivity index (χ1) is 12.7. The van der Waals surface area contributed by atoms with Crippen LogP contribution in [0, 0.1) is 0 Å². The number of aromatic nitrogens is 4. The number of rotatable bonds is 5. The zero-order valence-electron chi connectivity index (χ0n) is 14.6. The Balaban J connectivity index is 1.69. The molecule has 7 heteroatoms. The summed E-state index contributed by atoms with van der Waals surface area (Å²) in [4.78, 5) is 13.3. The van der Waals surface area contributed by atoms with Crippen LogP contribution in [0.1, 0.15) is 32.1 Å². The molecule has 3 aromatic rings. The van der Waals surface area contributed by atoms with E-state index in [1.54, 1.807) is 12.4 Å². The molecule has 0 atom stereocenters. The smallest absolute Gasteiger partial charge is 0.225 e. The first kappa shape index (κ1) is 16.9. The van der Waals surface area contributed by atoms with Crippen molar-refractivity contribution in [2.24, 2.45) is 0 Å². The van der Waals surface area contributed by atoms with Crippen LogP contribution in [0.4, 0.5) is 5.95 Å². The van der Waals surface area contributed by atoms with Crippen molar-refractivity contribution in [1.82, 2.24) is 19.5 Å². The Morgan fingerprint density at radius 3 is 2.77 bits per heavy atom. The van der Waals surface area contributed by atoms with Gasteiger partial charge in [0.15, 0.2) is 0 Å². The van der Waals surface area contributed by atoms with Gasteiger partial charge in [0, 0.05) is 36.1 Å². The van der Waals surface area contributed by atoms with Crippen molar-refractivity contribution in [3.8, 4) is 11.3 Å². The minimum Gasteiger partial charge on any atom is -0.395 e. The van der Waals surface area contributed by atoms with Crippen molar-refractivity contribution < 1.29 is 10.2 Å². The average Bonchev–Trinajstić information content (AvgIpc) is 3.01. The van der Waals surface area contributed by atoms with E-state index >= 15 is 0 Å². The van der Waals surface area contributed by atoms with Crippen LogP contribution in [-0.4, -0.2) is 42.1 Å². The molecule has 1 aliphatic rings. The van der Waals surface area contributed by atoms with Gasteiger partial charge in [0.05, 0.1) is 12.3 Å². The van der Waals surface area contributed by atoms with Gasteiger partial charge < -0.3 is 20.1 Å². The third-order valence-electron chi connectivity index (χ3n) is 4.93. The fraction of sp³-hybridized carbons (Fsp3) is 0.421. The first-order valence-corrected chi connectivity index (χ1v) is 9.07. The lowest BCUT2D eigenvalue weighted by molar-refractivity contribution is 0.0309. The monoisotopic (exact) mass is 353 g/mol. The molecule has 0 aromatic carbocycles. The van der Waals surface area contributed by atoms with Crippen LogP contribution in [0.15, 0.2) is 36.8 Å². The summed E-state index contributed by atoms with van der Waals surface area (Å²) in [6, 6.07) is 5.73. The van der Waals surface area contributed by atoms with E-state index in [9.17, 15) is 10.2 Å². The van der Waals surface area contributed by atoms with Gasteiger partial charge in [0.25, 0.3) is 0 Å². The van der Waals surface area contributed by atoms with E-state index in [2.05, 4.69) is 20.3 Å². The van der Waals surface area contributed by atoms with Crippen molar-refractivity contribution in [2.45, 2.75) is 44.4 Å². The number of hydrogen-bond acceptors (Lipinski definition) is 6. The summed E-state index contributed by atoms with van der Waals surface area (Å²) in [7, 11) is 0. The van der Waals surface area contributed by atoms with Gasteiger partial charge in [-0.05, 0) is 43.9 Å². The van der Waals surface area contributed by atoms with Crippen molar-refractivity contribution in [2.75, 3.05) is 11.9 Å². The van der Waals surface area contributed by atoms with E-state index in [0.717, 1.165) is 41.6 Å². The quantitative estimate of drug-likeness (QED) is 0.610. The molecule has 0 radical (unpaired) electrons. The number of fused-ring (bicyclic) bond motifs is 1. The molecule has 0 saturated heterocycles. The van der Waals surface area contributed by atoms with Crippen molar-refractivity contribution >= 4 is 17.0 Å². The number of aliphatic hydroxyl groups excluding tert-OH is 1. The average molecular weight is 353 g/mol. The summed E-state index contributed by atoms with van der Waals surface area (Å²) in [5.74, 6) is 0.429. The molecule has 0 unspecified atom stereocenters. The molecule has 3 aromatic heterocycles. The summed E-state index contributed by atoms with van der Waals surface area (Å²) in [6.45, 7) is 0.521. The van der Waals surface area contributed by atoms with Gasteiger partial charge in [-0.15, -0.1) is 0 Å². The molecule has 1 fully saturated rings. The normalized spacial score (nSPS) is 16.7. The molecular weight excluding hydrogens is 330 g/mol. The zero-order chi connectivity index (χ0) is 18.0. The maximum atomic E-state index is 10.7. The lowest BCUT2D eigenvalue weighted by Crippen LogP contribution is -2.40. The highest BCUT2D eigenvalue weighted by Crippen LogP contribution is 2.31. The van der Waals surface area contributed by atoms with Crippen LogP contribution in [0.3, 0.4) is 0 Å². The predicted octanol–water partition coefficient (Wildman–Crippen LogP) is 2.55. The maximum Gasteiger partial charge on any atom is 0.225 e. The third-order valence-corrected chi connectivity index (χ3v) is 4.93. The van der Waals surface area contributed by atoms with Crippen LogP contribution in [0.25, 0.3) is 22.3 Å². The van der Waals surface area contributed by atoms with Crippen LogP contribution in [0.5, 0.6) is 0 Å². The van der Waals surface area contributed by atoms with E-state index < -0.39 is 5.72 Å². The molecule has 0 bridgehead atoms. The predicted molar refractivity (Wildman–Crippen MR) is 99.5 cm³/mol. The van der Waals surface area contributed by atoms with E-state index in [4.69, 9.17) is 0 Å². The highest BCUT2D eigenvalue weighted by molar-refractivity contribution is 5.93. The highest BCUT2D eigenvalue weighted by Gasteiger charge is 2.29. The molecule has 0 aliphatic heterocycles. The van der Waals surface area contributed by atoms with Crippen molar-refractivity contribution in [1.29, 1.82) is 0 Å². The Morgan fingerprint density at radius 1 is 1.12 bits per heavy atom. The molecule has 136 valence electrons. The van der Waals surface area contributed by atoms with Crippen LogP contribution < -0.4 is 5.32 Å². The van der Waals surface area contributed by atoms with Gasteiger partial charge in [0.2, 0.25) is 5.95 Å². The second-order valence-corrected chi connectivity index (χ2v) is 6.82. The molecule has 1 saturated carbocycles. The lowest BCUT2D eigenvalue weighted by atomic mass is 9.92. The fourth-order valence-electron chi connectivity index (χ4n) is 3.64. The summed E-state index contributed by atoms with van der Waals surface area (Å²) in [5.41, 5.74) is 1.58. The molecule has 3 heterocycles. The van der Waals surface area contributed by atoms with Gasteiger partial charge in [-0.25, -0.2) is 15.0 Å².